The Bertz CT molecular complexity index is 947. The molecule has 0 saturated heterocycles. The van der Waals surface area contributed by atoms with Gasteiger partial charge in [0, 0.05) is 30.6 Å². The number of halogens is 1. The first-order valence-electron chi connectivity index (χ1n) is 9.38. The Kier molecular flexibility index (Phi) is 9.88. The first kappa shape index (κ1) is 23.9. The number of thiazole rings is 1. The van der Waals surface area contributed by atoms with Crippen molar-refractivity contribution < 1.29 is 9.47 Å². The predicted octanol–water partition coefficient (Wildman–Crippen LogP) is 4.75. The number of anilines is 1. The van der Waals surface area contributed by atoms with Gasteiger partial charge >= 0.3 is 0 Å². The second-order valence-corrected chi connectivity index (χ2v) is 7.28. The largest absolute Gasteiger partial charge is 0.493 e. The van der Waals surface area contributed by atoms with Gasteiger partial charge in [0.25, 0.3) is 0 Å². The van der Waals surface area contributed by atoms with E-state index < -0.39 is 0 Å². The van der Waals surface area contributed by atoms with Crippen molar-refractivity contribution in [2.75, 3.05) is 26.6 Å². The van der Waals surface area contributed by atoms with E-state index in [4.69, 9.17) is 14.5 Å². The third-order valence-corrected chi connectivity index (χ3v) is 5.33. The molecule has 0 unspecified atom stereocenters. The monoisotopic (exact) mass is 538 g/mol. The molecule has 0 aliphatic heterocycles. The lowest BCUT2D eigenvalue weighted by atomic mass is 10.1. The molecular formula is C22H27IN4O2S. The highest BCUT2D eigenvalue weighted by Crippen LogP contribution is 2.29. The average Bonchev–Trinajstić information content (AvgIpc) is 3.23. The molecule has 1 aromatic heterocycles. The zero-order valence-electron chi connectivity index (χ0n) is 17.3. The van der Waals surface area contributed by atoms with E-state index in [1.54, 1.807) is 32.6 Å². The number of hydrogen-bond acceptors (Lipinski definition) is 5. The molecule has 0 saturated carbocycles. The summed E-state index contributed by atoms with van der Waals surface area (Å²) in [4.78, 5) is 9.00. The number of aryl methyl sites for hydroxylation is 2. The van der Waals surface area contributed by atoms with Crippen LogP contribution in [0.3, 0.4) is 0 Å². The van der Waals surface area contributed by atoms with Crippen molar-refractivity contribution in [2.24, 2.45) is 4.99 Å². The van der Waals surface area contributed by atoms with Gasteiger partial charge in [0.2, 0.25) is 0 Å². The van der Waals surface area contributed by atoms with Gasteiger partial charge in [-0.05, 0) is 24.1 Å². The zero-order valence-corrected chi connectivity index (χ0v) is 20.5. The minimum atomic E-state index is 0. The number of aromatic nitrogens is 1. The number of methoxy groups -OCH3 is 2. The van der Waals surface area contributed by atoms with Gasteiger partial charge in [-0.3, -0.25) is 4.99 Å². The number of ether oxygens (including phenoxy) is 2. The van der Waals surface area contributed by atoms with Gasteiger partial charge in [-0.15, -0.1) is 35.3 Å². The highest BCUT2D eigenvalue weighted by molar-refractivity contribution is 14.0. The third kappa shape index (κ3) is 6.88. The van der Waals surface area contributed by atoms with Gasteiger partial charge in [0.1, 0.15) is 0 Å². The van der Waals surface area contributed by atoms with E-state index in [0.29, 0.717) is 24.0 Å². The van der Waals surface area contributed by atoms with Crippen LogP contribution in [-0.4, -0.2) is 32.2 Å². The summed E-state index contributed by atoms with van der Waals surface area (Å²) in [5.41, 5.74) is 3.20. The van der Waals surface area contributed by atoms with E-state index in [1.165, 1.54) is 5.56 Å². The number of aliphatic imine (C=N–C) groups is 1. The minimum absolute atomic E-state index is 0. The standard InChI is InChI=1S/C22H26N4O2S.HI/c1-23-22(26-17-10-11-19(27-2)20(13-17)28-3)24-14-18-15-29-21(25-18)12-9-16-7-5-4-6-8-16;/h4-8,10-11,13,15H,9,12,14H2,1-3H3,(H2,23,24,26);1H. The SMILES string of the molecule is CN=C(NCc1csc(CCc2ccccc2)n1)Nc1ccc(OC)c(OC)c1.I. The van der Waals surface area contributed by atoms with Gasteiger partial charge in [0.15, 0.2) is 17.5 Å². The first-order chi connectivity index (χ1) is 14.2. The summed E-state index contributed by atoms with van der Waals surface area (Å²) in [6.07, 6.45) is 1.96. The van der Waals surface area contributed by atoms with Crippen LogP contribution in [0.1, 0.15) is 16.3 Å². The maximum Gasteiger partial charge on any atom is 0.195 e. The summed E-state index contributed by atoms with van der Waals surface area (Å²) in [6.45, 7) is 0.606. The normalized spacial score (nSPS) is 10.8. The molecule has 3 rings (SSSR count). The molecule has 0 fully saturated rings. The summed E-state index contributed by atoms with van der Waals surface area (Å²) < 4.78 is 10.6. The summed E-state index contributed by atoms with van der Waals surface area (Å²) in [6, 6.07) is 16.1. The van der Waals surface area contributed by atoms with Crippen molar-refractivity contribution in [3.05, 3.63) is 70.2 Å². The number of nitrogens with one attached hydrogen (secondary N) is 2. The predicted molar refractivity (Wildman–Crippen MR) is 135 cm³/mol. The van der Waals surface area contributed by atoms with Crippen LogP contribution in [0.5, 0.6) is 11.5 Å². The molecule has 0 atom stereocenters. The minimum Gasteiger partial charge on any atom is -0.493 e. The van der Waals surface area contributed by atoms with Gasteiger partial charge in [0.05, 0.1) is 31.5 Å². The molecule has 3 aromatic rings. The van der Waals surface area contributed by atoms with Crippen molar-refractivity contribution in [1.29, 1.82) is 0 Å². The van der Waals surface area contributed by atoms with Gasteiger partial charge in [-0.2, -0.15) is 0 Å². The Morgan fingerprint density at radius 1 is 1.03 bits per heavy atom. The fourth-order valence-electron chi connectivity index (χ4n) is 2.85. The smallest absolute Gasteiger partial charge is 0.195 e. The maximum atomic E-state index is 5.35. The molecule has 0 bridgehead atoms. The Labute approximate surface area is 198 Å². The second-order valence-electron chi connectivity index (χ2n) is 6.34. The van der Waals surface area contributed by atoms with Gasteiger partial charge < -0.3 is 20.1 Å². The van der Waals surface area contributed by atoms with E-state index in [-0.39, 0.29) is 24.0 Å². The number of hydrogen-bond donors (Lipinski definition) is 2. The summed E-state index contributed by atoms with van der Waals surface area (Å²) in [7, 11) is 4.97. The van der Waals surface area contributed by atoms with Crippen molar-refractivity contribution >= 4 is 47.0 Å². The Balaban J connectivity index is 0.00000320. The molecular weight excluding hydrogens is 511 g/mol. The van der Waals surface area contributed by atoms with E-state index in [0.717, 1.165) is 29.2 Å². The lowest BCUT2D eigenvalue weighted by Gasteiger charge is -2.13. The molecule has 30 heavy (non-hydrogen) atoms. The van der Waals surface area contributed by atoms with E-state index in [1.807, 2.05) is 24.3 Å². The lowest BCUT2D eigenvalue weighted by molar-refractivity contribution is 0.355. The van der Waals surface area contributed by atoms with Crippen molar-refractivity contribution in [1.82, 2.24) is 10.3 Å². The number of guanidine groups is 1. The Morgan fingerprint density at radius 2 is 1.80 bits per heavy atom. The molecule has 2 N–H and O–H groups in total. The second kappa shape index (κ2) is 12.4. The molecule has 0 aliphatic carbocycles. The van der Waals surface area contributed by atoms with Crippen LogP contribution in [-0.2, 0) is 19.4 Å². The lowest BCUT2D eigenvalue weighted by Crippen LogP contribution is -2.30. The van der Waals surface area contributed by atoms with Crippen LogP contribution < -0.4 is 20.1 Å². The average molecular weight is 538 g/mol. The molecule has 0 aliphatic rings. The van der Waals surface area contributed by atoms with Crippen molar-refractivity contribution in [2.45, 2.75) is 19.4 Å². The summed E-state index contributed by atoms with van der Waals surface area (Å²) >= 11 is 1.70. The number of nitrogens with zero attached hydrogens (tertiary/aromatic N) is 2. The van der Waals surface area contributed by atoms with Gasteiger partial charge in [-0.1, -0.05) is 30.3 Å². The highest BCUT2D eigenvalue weighted by atomic mass is 127. The molecule has 160 valence electrons. The zero-order chi connectivity index (χ0) is 20.5. The molecule has 0 amide bonds. The molecule has 1 heterocycles. The van der Waals surface area contributed by atoms with E-state index in [9.17, 15) is 0 Å². The quantitative estimate of drug-likeness (QED) is 0.246. The highest BCUT2D eigenvalue weighted by Gasteiger charge is 2.08. The van der Waals surface area contributed by atoms with Crippen LogP contribution in [0.25, 0.3) is 0 Å². The van der Waals surface area contributed by atoms with Crippen LogP contribution in [0.2, 0.25) is 0 Å². The topological polar surface area (TPSA) is 67.8 Å². The third-order valence-electron chi connectivity index (χ3n) is 4.38. The molecule has 8 heteroatoms. The van der Waals surface area contributed by atoms with Gasteiger partial charge in [-0.25, -0.2) is 4.98 Å². The van der Waals surface area contributed by atoms with Crippen molar-refractivity contribution in [3.63, 3.8) is 0 Å². The van der Waals surface area contributed by atoms with Crippen LogP contribution in [0.4, 0.5) is 5.69 Å². The number of rotatable bonds is 8. The summed E-state index contributed by atoms with van der Waals surface area (Å²) in [5.74, 6) is 2.01. The fraction of sp³-hybridized carbons (Fsp3) is 0.273. The van der Waals surface area contributed by atoms with E-state index in [2.05, 4.69) is 45.3 Å². The van der Waals surface area contributed by atoms with Crippen LogP contribution >= 0.6 is 35.3 Å². The Morgan fingerprint density at radius 3 is 2.50 bits per heavy atom. The van der Waals surface area contributed by atoms with Crippen LogP contribution in [0, 0.1) is 0 Å². The fourth-order valence-corrected chi connectivity index (χ4v) is 3.64. The molecule has 0 radical (unpaired) electrons. The molecule has 6 nitrogen and oxygen atoms in total. The summed E-state index contributed by atoms with van der Waals surface area (Å²) in [5, 5.41) is 9.80. The first-order valence-corrected chi connectivity index (χ1v) is 10.3. The molecule has 2 aromatic carbocycles. The van der Waals surface area contributed by atoms with Crippen LogP contribution in [0.15, 0.2) is 58.9 Å². The molecule has 0 spiro atoms. The number of benzene rings is 2. The Hall–Kier alpha value is -2.33. The maximum absolute atomic E-state index is 5.35. The van der Waals surface area contributed by atoms with E-state index >= 15 is 0 Å². The van der Waals surface area contributed by atoms with Crippen molar-refractivity contribution in [3.8, 4) is 11.5 Å².